The fraction of sp³-hybridized carbons (Fsp3) is 0.481. The lowest BCUT2D eigenvalue weighted by Gasteiger charge is -2.50. The Morgan fingerprint density at radius 2 is 1.81 bits per heavy atom. The molecule has 3 aliphatic carbocycles. The highest BCUT2D eigenvalue weighted by molar-refractivity contribution is 5.60. The van der Waals surface area contributed by atoms with Crippen LogP contribution >= 0.6 is 0 Å². The lowest BCUT2D eigenvalue weighted by molar-refractivity contribution is -0.137. The zero-order valence-corrected chi connectivity index (χ0v) is 18.3. The smallest absolute Gasteiger partial charge is 0.416 e. The van der Waals surface area contributed by atoms with E-state index in [1.54, 1.807) is 0 Å². The molecule has 0 aliphatic heterocycles. The van der Waals surface area contributed by atoms with Crippen LogP contribution in [0, 0.1) is 17.3 Å². The zero-order chi connectivity index (χ0) is 22.7. The molecule has 32 heavy (non-hydrogen) atoms. The van der Waals surface area contributed by atoms with E-state index in [0.29, 0.717) is 34.8 Å². The topological polar surface area (TPSA) is 29.5 Å². The van der Waals surface area contributed by atoms with Crippen LogP contribution in [0.2, 0.25) is 0 Å². The van der Waals surface area contributed by atoms with Crippen LogP contribution in [0.3, 0.4) is 0 Å². The average molecular weight is 443 g/mol. The van der Waals surface area contributed by atoms with Crippen molar-refractivity contribution in [1.82, 2.24) is 0 Å². The molecular weight excluding hydrogens is 413 g/mol. The van der Waals surface area contributed by atoms with Gasteiger partial charge in [-0.3, -0.25) is 0 Å². The van der Waals surface area contributed by atoms with Crippen molar-refractivity contribution < 1.29 is 23.0 Å². The molecule has 5 rings (SSSR count). The number of fused-ring (bicyclic) bond motifs is 5. The first-order chi connectivity index (χ1) is 15.2. The van der Waals surface area contributed by atoms with Crippen molar-refractivity contribution in [2.24, 2.45) is 17.3 Å². The van der Waals surface area contributed by atoms with Crippen molar-refractivity contribution >= 4 is 5.76 Å². The highest BCUT2D eigenvalue weighted by Gasteiger charge is 2.54. The van der Waals surface area contributed by atoms with Crippen LogP contribution in [0.1, 0.15) is 67.2 Å². The molecule has 2 fully saturated rings. The van der Waals surface area contributed by atoms with Gasteiger partial charge in [0, 0.05) is 5.56 Å². The molecule has 3 aliphatic rings. The quantitative estimate of drug-likeness (QED) is 0.520. The number of alkyl halides is 3. The van der Waals surface area contributed by atoms with Crippen LogP contribution in [0.4, 0.5) is 13.2 Å². The lowest BCUT2D eigenvalue weighted by Crippen LogP contribution is -2.43. The van der Waals surface area contributed by atoms with Gasteiger partial charge in [-0.2, -0.15) is 13.2 Å². The standard InChI is InChI=1S/C27H29F3O2/c1-16(17-3-6-19(7-4-17)27(28,29)30)32-20-8-10-21-18(15-20)5-9-23-22(21)13-14-26(2)24(23)11-12-25(26)31/h3-4,6-8,10,15,22-25,31H,1,5,9,11-14H2,2H3/t22-,23-,24+,25+,26+/m1/s1. The van der Waals surface area contributed by atoms with Crippen LogP contribution in [0.15, 0.2) is 49.0 Å². The van der Waals surface area contributed by atoms with Gasteiger partial charge in [-0.25, -0.2) is 0 Å². The second-order valence-electron chi connectivity index (χ2n) is 10.0. The first-order valence-corrected chi connectivity index (χ1v) is 11.5. The monoisotopic (exact) mass is 442 g/mol. The number of hydrogen-bond donors (Lipinski definition) is 1. The summed E-state index contributed by atoms with van der Waals surface area (Å²) in [6, 6.07) is 11.1. The summed E-state index contributed by atoms with van der Waals surface area (Å²) >= 11 is 0. The van der Waals surface area contributed by atoms with E-state index in [1.165, 1.54) is 23.3 Å². The molecular formula is C27H29F3O2. The molecule has 170 valence electrons. The van der Waals surface area contributed by atoms with E-state index in [-0.39, 0.29) is 11.5 Å². The van der Waals surface area contributed by atoms with Gasteiger partial charge in [0.1, 0.15) is 11.5 Å². The molecule has 2 aromatic carbocycles. The molecule has 0 unspecified atom stereocenters. The average Bonchev–Trinajstić information content (AvgIpc) is 3.07. The van der Waals surface area contributed by atoms with E-state index in [1.807, 2.05) is 6.07 Å². The van der Waals surface area contributed by atoms with E-state index >= 15 is 0 Å². The molecule has 0 spiro atoms. The Balaban J connectivity index is 1.32. The molecule has 2 aromatic rings. The minimum absolute atomic E-state index is 0.0706. The number of aliphatic hydroxyl groups excluding tert-OH is 1. The third-order valence-electron chi connectivity index (χ3n) is 8.42. The van der Waals surface area contributed by atoms with Crippen molar-refractivity contribution in [3.05, 3.63) is 71.3 Å². The minimum Gasteiger partial charge on any atom is -0.457 e. The summed E-state index contributed by atoms with van der Waals surface area (Å²) in [5, 5.41) is 10.6. The van der Waals surface area contributed by atoms with Crippen molar-refractivity contribution in [2.45, 2.75) is 63.6 Å². The van der Waals surface area contributed by atoms with E-state index < -0.39 is 11.7 Å². The summed E-state index contributed by atoms with van der Waals surface area (Å²) in [5.74, 6) is 2.77. The first kappa shape index (κ1) is 21.6. The van der Waals surface area contributed by atoms with Crippen LogP contribution in [0.25, 0.3) is 5.76 Å². The molecule has 2 nitrogen and oxygen atoms in total. The molecule has 0 radical (unpaired) electrons. The van der Waals surface area contributed by atoms with E-state index in [2.05, 4.69) is 25.6 Å². The minimum atomic E-state index is -4.36. The van der Waals surface area contributed by atoms with Gasteiger partial charge in [0.25, 0.3) is 0 Å². The van der Waals surface area contributed by atoms with Gasteiger partial charge < -0.3 is 9.84 Å². The predicted molar refractivity (Wildman–Crippen MR) is 118 cm³/mol. The Bertz CT molecular complexity index is 1030. The van der Waals surface area contributed by atoms with Crippen molar-refractivity contribution in [3.63, 3.8) is 0 Å². The second-order valence-corrected chi connectivity index (χ2v) is 10.0. The Morgan fingerprint density at radius 1 is 1.06 bits per heavy atom. The van der Waals surface area contributed by atoms with Gasteiger partial charge in [-0.1, -0.05) is 31.7 Å². The molecule has 0 heterocycles. The number of rotatable bonds is 3. The van der Waals surface area contributed by atoms with Crippen LogP contribution in [-0.2, 0) is 12.6 Å². The third kappa shape index (κ3) is 3.55. The zero-order valence-electron chi connectivity index (χ0n) is 18.3. The van der Waals surface area contributed by atoms with Crippen LogP contribution in [-0.4, -0.2) is 11.2 Å². The maximum absolute atomic E-state index is 12.8. The largest absolute Gasteiger partial charge is 0.457 e. The van der Waals surface area contributed by atoms with Gasteiger partial charge in [-0.05, 0) is 97.1 Å². The molecule has 0 saturated heterocycles. The SMILES string of the molecule is C=C(Oc1ccc2c(c1)CC[C@@H]1[C@@H]2CC[C@]2(C)[C@@H](O)CC[C@@H]12)c1ccc(C(F)(F)F)cc1. The molecule has 0 amide bonds. The van der Waals surface area contributed by atoms with E-state index in [9.17, 15) is 18.3 Å². The summed E-state index contributed by atoms with van der Waals surface area (Å²) in [6.45, 7) is 6.20. The Hall–Kier alpha value is -2.27. The molecule has 5 heteroatoms. The number of aryl methyl sites for hydroxylation is 1. The summed E-state index contributed by atoms with van der Waals surface area (Å²) in [7, 11) is 0. The lowest BCUT2D eigenvalue weighted by atomic mass is 9.55. The fourth-order valence-electron chi connectivity index (χ4n) is 6.64. The molecule has 0 aromatic heterocycles. The van der Waals surface area contributed by atoms with Crippen molar-refractivity contribution in [3.8, 4) is 5.75 Å². The summed E-state index contributed by atoms with van der Waals surface area (Å²) in [5.41, 5.74) is 2.61. The molecule has 2 saturated carbocycles. The number of hydrogen-bond acceptors (Lipinski definition) is 2. The number of benzene rings is 2. The number of ether oxygens (including phenoxy) is 1. The predicted octanol–water partition coefficient (Wildman–Crippen LogP) is 6.97. The van der Waals surface area contributed by atoms with Gasteiger partial charge in [0.2, 0.25) is 0 Å². The number of aliphatic hydroxyl groups is 1. The van der Waals surface area contributed by atoms with E-state index in [0.717, 1.165) is 50.7 Å². The normalized spacial score (nSPS) is 31.4. The highest BCUT2D eigenvalue weighted by atomic mass is 19.4. The van der Waals surface area contributed by atoms with Crippen molar-refractivity contribution in [1.29, 1.82) is 0 Å². The van der Waals surface area contributed by atoms with Crippen LogP contribution in [0.5, 0.6) is 5.75 Å². The second kappa shape index (κ2) is 7.65. The van der Waals surface area contributed by atoms with Gasteiger partial charge in [-0.15, -0.1) is 0 Å². The molecule has 1 N–H and O–H groups in total. The Morgan fingerprint density at radius 3 is 2.53 bits per heavy atom. The third-order valence-corrected chi connectivity index (χ3v) is 8.42. The maximum atomic E-state index is 12.8. The van der Waals surface area contributed by atoms with Gasteiger partial charge >= 0.3 is 6.18 Å². The van der Waals surface area contributed by atoms with Gasteiger partial charge in [0.05, 0.1) is 11.7 Å². The van der Waals surface area contributed by atoms with E-state index in [4.69, 9.17) is 4.74 Å². The number of halogens is 3. The molecule has 0 bridgehead atoms. The first-order valence-electron chi connectivity index (χ1n) is 11.5. The summed E-state index contributed by atoms with van der Waals surface area (Å²) in [6.07, 6.45) is 1.84. The Labute approximate surface area is 187 Å². The van der Waals surface area contributed by atoms with Gasteiger partial charge in [0.15, 0.2) is 0 Å². The summed E-state index contributed by atoms with van der Waals surface area (Å²) in [4.78, 5) is 0. The summed E-state index contributed by atoms with van der Waals surface area (Å²) < 4.78 is 44.3. The van der Waals surface area contributed by atoms with Crippen LogP contribution < -0.4 is 4.74 Å². The fourth-order valence-corrected chi connectivity index (χ4v) is 6.64. The van der Waals surface area contributed by atoms with Crippen molar-refractivity contribution in [2.75, 3.05) is 0 Å². The highest BCUT2D eigenvalue weighted by Crippen LogP contribution is 2.60. The Kier molecular flexibility index (Phi) is 5.16. The maximum Gasteiger partial charge on any atom is 0.416 e. The molecule has 5 atom stereocenters.